The van der Waals surface area contributed by atoms with Gasteiger partial charge in [0.15, 0.2) is 0 Å². The van der Waals surface area contributed by atoms with E-state index >= 15 is 0 Å². The van der Waals surface area contributed by atoms with Crippen molar-refractivity contribution in [1.82, 2.24) is 14.9 Å². The highest BCUT2D eigenvalue weighted by Gasteiger charge is 2.28. The molecule has 1 heterocycles. The molecule has 1 aromatic carbocycles. The van der Waals surface area contributed by atoms with Crippen LogP contribution in [0.1, 0.15) is 24.2 Å². The van der Waals surface area contributed by atoms with Crippen molar-refractivity contribution >= 4 is 17.6 Å². The van der Waals surface area contributed by atoms with E-state index in [4.69, 9.17) is 16.3 Å². The molecule has 2 aromatic rings. The van der Waals surface area contributed by atoms with E-state index in [0.29, 0.717) is 35.2 Å². The van der Waals surface area contributed by atoms with E-state index in [9.17, 15) is 9.90 Å². The molecule has 122 valence electrons. The van der Waals surface area contributed by atoms with Gasteiger partial charge in [-0.3, -0.25) is 19.7 Å². The van der Waals surface area contributed by atoms with Gasteiger partial charge in [0.05, 0.1) is 12.3 Å². The van der Waals surface area contributed by atoms with Crippen LogP contribution in [0.5, 0.6) is 5.75 Å². The Kier molecular flexibility index (Phi) is 5.90. The first kappa shape index (κ1) is 17.2. The van der Waals surface area contributed by atoms with Crippen LogP contribution >= 0.6 is 11.6 Å². The van der Waals surface area contributed by atoms with Gasteiger partial charge in [-0.1, -0.05) is 11.6 Å². The average molecular weight is 336 g/mol. The first-order valence-corrected chi connectivity index (χ1v) is 7.51. The Morgan fingerprint density at radius 1 is 1.43 bits per heavy atom. The molecule has 0 spiro atoms. The number of carbonyl (C=O) groups is 1. The number of nitrogens with zero attached hydrogens (tertiary/aromatic N) is 3. The topological polar surface area (TPSA) is 75.6 Å². The minimum Gasteiger partial charge on any atom is -0.494 e. The monoisotopic (exact) mass is 335 g/mol. The predicted octanol–water partition coefficient (Wildman–Crippen LogP) is 2.79. The fourth-order valence-electron chi connectivity index (χ4n) is 2.34. The van der Waals surface area contributed by atoms with Gasteiger partial charge in [0, 0.05) is 35.7 Å². The van der Waals surface area contributed by atoms with Gasteiger partial charge in [-0.15, -0.1) is 0 Å². The number of hydrogen-bond acceptors (Lipinski definition) is 5. The van der Waals surface area contributed by atoms with Gasteiger partial charge in [-0.25, -0.2) is 0 Å². The lowest BCUT2D eigenvalue weighted by Crippen LogP contribution is -2.31. The van der Waals surface area contributed by atoms with Crippen LogP contribution in [0.3, 0.4) is 0 Å². The molecule has 0 fully saturated rings. The van der Waals surface area contributed by atoms with Gasteiger partial charge in [-0.2, -0.15) is 0 Å². The van der Waals surface area contributed by atoms with E-state index in [-0.39, 0.29) is 0 Å². The molecule has 0 radical (unpaired) electrons. The number of aliphatic carboxylic acids is 1. The number of ether oxygens (including phenoxy) is 1. The second-order valence-electron chi connectivity index (χ2n) is 4.97. The van der Waals surface area contributed by atoms with Crippen molar-refractivity contribution in [2.24, 2.45) is 0 Å². The highest BCUT2D eigenvalue weighted by molar-refractivity contribution is 6.30. The summed E-state index contributed by atoms with van der Waals surface area (Å²) in [5, 5.41) is 10.1. The molecule has 0 saturated carbocycles. The molecule has 7 heteroatoms. The van der Waals surface area contributed by atoms with Gasteiger partial charge >= 0.3 is 5.97 Å². The average Bonchev–Trinajstić information content (AvgIpc) is 2.51. The van der Waals surface area contributed by atoms with Crippen molar-refractivity contribution in [3.05, 3.63) is 53.1 Å². The van der Waals surface area contributed by atoms with Crippen molar-refractivity contribution in [2.45, 2.75) is 19.5 Å². The minimum absolute atomic E-state index is 0.336. The van der Waals surface area contributed by atoms with Gasteiger partial charge in [0.2, 0.25) is 0 Å². The van der Waals surface area contributed by atoms with Gasteiger partial charge in [0.1, 0.15) is 11.8 Å². The van der Waals surface area contributed by atoms with E-state index in [1.54, 1.807) is 48.7 Å². The Bertz CT molecular complexity index is 667. The molecule has 1 unspecified atom stereocenters. The standard InChI is InChI=1S/C16H18ClN3O3/c1-3-23-14-5-4-11(17)8-13(14)15(16(21)22)20(2)10-12-9-18-6-7-19-12/h4-9,15H,3,10H2,1-2H3,(H,21,22). The smallest absolute Gasteiger partial charge is 0.325 e. The third-order valence-electron chi connectivity index (χ3n) is 3.27. The third-order valence-corrected chi connectivity index (χ3v) is 3.50. The lowest BCUT2D eigenvalue weighted by atomic mass is 10.0. The summed E-state index contributed by atoms with van der Waals surface area (Å²) >= 11 is 6.04. The van der Waals surface area contributed by atoms with Crippen LogP contribution in [0.25, 0.3) is 0 Å². The van der Waals surface area contributed by atoms with Crippen molar-refractivity contribution in [2.75, 3.05) is 13.7 Å². The SMILES string of the molecule is CCOc1ccc(Cl)cc1C(C(=O)O)N(C)Cc1cnccn1. The van der Waals surface area contributed by atoms with Gasteiger partial charge < -0.3 is 9.84 Å². The van der Waals surface area contributed by atoms with Crippen LogP contribution in [0.15, 0.2) is 36.8 Å². The van der Waals surface area contributed by atoms with Crippen molar-refractivity contribution < 1.29 is 14.6 Å². The van der Waals surface area contributed by atoms with Crippen molar-refractivity contribution in [3.8, 4) is 5.75 Å². The van der Waals surface area contributed by atoms with Gasteiger partial charge in [-0.05, 0) is 32.2 Å². The molecular weight excluding hydrogens is 318 g/mol. The Labute approximate surface area is 139 Å². The fraction of sp³-hybridized carbons (Fsp3) is 0.312. The Balaban J connectivity index is 2.34. The minimum atomic E-state index is -0.986. The molecular formula is C16H18ClN3O3. The fourth-order valence-corrected chi connectivity index (χ4v) is 2.52. The first-order chi connectivity index (χ1) is 11.0. The van der Waals surface area contributed by atoms with E-state index in [1.807, 2.05) is 6.92 Å². The number of hydrogen-bond donors (Lipinski definition) is 1. The quantitative estimate of drug-likeness (QED) is 0.838. The molecule has 0 amide bonds. The highest BCUT2D eigenvalue weighted by Crippen LogP contribution is 2.32. The van der Waals surface area contributed by atoms with Crippen LogP contribution < -0.4 is 4.74 Å². The number of aromatic nitrogens is 2. The molecule has 1 atom stereocenters. The van der Waals surface area contributed by atoms with Crippen LogP contribution in [-0.2, 0) is 11.3 Å². The van der Waals surface area contributed by atoms with Gasteiger partial charge in [0.25, 0.3) is 0 Å². The molecule has 23 heavy (non-hydrogen) atoms. The normalized spacial score (nSPS) is 12.2. The maximum atomic E-state index is 11.8. The Morgan fingerprint density at radius 3 is 2.83 bits per heavy atom. The number of likely N-dealkylation sites (N-methyl/N-ethyl adjacent to an activating group) is 1. The largest absolute Gasteiger partial charge is 0.494 e. The zero-order valence-corrected chi connectivity index (χ0v) is 13.7. The number of rotatable bonds is 7. The van der Waals surface area contributed by atoms with E-state index in [2.05, 4.69) is 9.97 Å². The summed E-state index contributed by atoms with van der Waals surface area (Å²) in [5.41, 5.74) is 1.19. The number of carboxylic acid groups (broad SMARTS) is 1. The maximum absolute atomic E-state index is 11.8. The van der Waals surface area contributed by atoms with E-state index in [1.165, 1.54) is 0 Å². The summed E-state index contributed by atoms with van der Waals surface area (Å²) < 4.78 is 5.55. The zero-order chi connectivity index (χ0) is 16.8. The molecule has 0 aliphatic heterocycles. The number of benzene rings is 1. The summed E-state index contributed by atoms with van der Waals surface area (Å²) in [6, 6.07) is 4.08. The van der Waals surface area contributed by atoms with E-state index < -0.39 is 12.0 Å². The molecule has 1 N–H and O–H groups in total. The number of carboxylic acids is 1. The van der Waals surface area contributed by atoms with Crippen LogP contribution in [-0.4, -0.2) is 39.6 Å². The summed E-state index contributed by atoms with van der Waals surface area (Å²) in [7, 11) is 1.71. The molecule has 2 rings (SSSR count). The lowest BCUT2D eigenvalue weighted by molar-refractivity contribution is -0.143. The van der Waals surface area contributed by atoms with Crippen molar-refractivity contribution in [3.63, 3.8) is 0 Å². The molecule has 1 aromatic heterocycles. The lowest BCUT2D eigenvalue weighted by Gasteiger charge is -2.26. The predicted molar refractivity (Wildman–Crippen MR) is 86.5 cm³/mol. The number of halogens is 1. The first-order valence-electron chi connectivity index (χ1n) is 7.13. The molecule has 6 nitrogen and oxygen atoms in total. The zero-order valence-electron chi connectivity index (χ0n) is 12.9. The second kappa shape index (κ2) is 7.89. The Hall–Kier alpha value is -2.18. The summed E-state index contributed by atoms with van der Waals surface area (Å²) in [6.07, 6.45) is 4.75. The van der Waals surface area contributed by atoms with Crippen LogP contribution in [0.2, 0.25) is 5.02 Å². The molecule has 0 aliphatic carbocycles. The molecule has 0 bridgehead atoms. The van der Waals surface area contributed by atoms with Crippen LogP contribution in [0.4, 0.5) is 0 Å². The third kappa shape index (κ3) is 4.40. The second-order valence-corrected chi connectivity index (χ2v) is 5.40. The molecule has 0 saturated heterocycles. The molecule has 0 aliphatic rings. The maximum Gasteiger partial charge on any atom is 0.325 e. The van der Waals surface area contributed by atoms with Crippen LogP contribution in [0, 0.1) is 0 Å². The summed E-state index contributed by atoms with van der Waals surface area (Å²) in [6.45, 7) is 2.62. The summed E-state index contributed by atoms with van der Waals surface area (Å²) in [5.74, 6) is -0.477. The highest BCUT2D eigenvalue weighted by atomic mass is 35.5. The van der Waals surface area contributed by atoms with E-state index in [0.717, 1.165) is 0 Å². The summed E-state index contributed by atoms with van der Waals surface area (Å²) in [4.78, 5) is 21.7. The van der Waals surface area contributed by atoms with Crippen molar-refractivity contribution in [1.29, 1.82) is 0 Å². The Morgan fingerprint density at radius 2 is 2.22 bits per heavy atom.